The van der Waals surface area contributed by atoms with Crippen molar-refractivity contribution >= 4 is 23.1 Å². The summed E-state index contributed by atoms with van der Waals surface area (Å²) in [5.41, 5.74) is 5.55. The third-order valence-electron chi connectivity index (χ3n) is 3.76. The predicted octanol–water partition coefficient (Wildman–Crippen LogP) is 2.51. The molecular formula is C15H19FN2O2S. The van der Waals surface area contributed by atoms with Gasteiger partial charge in [-0.25, -0.2) is 4.39 Å². The summed E-state index contributed by atoms with van der Waals surface area (Å²) < 4.78 is 19.2. The number of benzene rings is 1. The first-order valence-corrected chi connectivity index (χ1v) is 7.37. The van der Waals surface area contributed by atoms with E-state index in [4.69, 9.17) is 22.7 Å². The Hall–Kier alpha value is -1.69. The number of nitrogens with two attached hydrogens (primary N) is 1. The van der Waals surface area contributed by atoms with Gasteiger partial charge in [-0.2, -0.15) is 0 Å². The Bertz CT molecular complexity index is 544. The van der Waals surface area contributed by atoms with Crippen LogP contribution in [0.3, 0.4) is 0 Å². The summed E-state index contributed by atoms with van der Waals surface area (Å²) >= 11 is 4.93. The SMILES string of the molecule is COc1cccc(F)c1C(=O)N(CC(N)=S)C1CCCC1. The standard InChI is InChI=1S/C15H19FN2O2S/c1-20-12-8-4-7-11(16)14(12)15(19)18(9-13(17)21)10-5-2-3-6-10/h4,7-8,10H,2-3,5-6,9H2,1H3,(H2,17,21). The lowest BCUT2D eigenvalue weighted by atomic mass is 10.1. The number of rotatable bonds is 5. The number of carbonyl (C=O) groups excluding carboxylic acids is 1. The first-order valence-electron chi connectivity index (χ1n) is 6.96. The Kier molecular flexibility index (Phi) is 5.12. The largest absolute Gasteiger partial charge is 0.496 e. The molecule has 4 nitrogen and oxygen atoms in total. The molecule has 0 heterocycles. The van der Waals surface area contributed by atoms with Crippen molar-refractivity contribution in [2.24, 2.45) is 5.73 Å². The van der Waals surface area contributed by atoms with Gasteiger partial charge in [-0.05, 0) is 25.0 Å². The van der Waals surface area contributed by atoms with E-state index in [1.165, 1.54) is 19.2 Å². The van der Waals surface area contributed by atoms with E-state index in [0.29, 0.717) is 0 Å². The molecule has 0 unspecified atom stereocenters. The Balaban J connectivity index is 2.35. The first kappa shape index (κ1) is 15.7. The van der Waals surface area contributed by atoms with Crippen molar-refractivity contribution in [1.82, 2.24) is 4.90 Å². The summed E-state index contributed by atoms with van der Waals surface area (Å²) in [5, 5.41) is 0. The second-order valence-electron chi connectivity index (χ2n) is 5.15. The van der Waals surface area contributed by atoms with Crippen molar-refractivity contribution in [1.29, 1.82) is 0 Å². The van der Waals surface area contributed by atoms with Crippen molar-refractivity contribution in [2.75, 3.05) is 13.7 Å². The average Bonchev–Trinajstić information content (AvgIpc) is 2.97. The molecule has 2 rings (SSSR count). The summed E-state index contributed by atoms with van der Waals surface area (Å²) in [6, 6.07) is 4.40. The van der Waals surface area contributed by atoms with Crippen molar-refractivity contribution in [3.8, 4) is 5.75 Å². The van der Waals surface area contributed by atoms with Crippen LogP contribution in [0.15, 0.2) is 18.2 Å². The fourth-order valence-corrected chi connectivity index (χ4v) is 2.92. The minimum atomic E-state index is -0.592. The molecule has 1 aliphatic rings. The first-order chi connectivity index (χ1) is 10.0. The lowest BCUT2D eigenvalue weighted by Gasteiger charge is -2.29. The average molecular weight is 310 g/mol. The molecule has 0 aliphatic heterocycles. The van der Waals surface area contributed by atoms with Crippen LogP contribution in [0.2, 0.25) is 0 Å². The minimum Gasteiger partial charge on any atom is -0.496 e. The van der Waals surface area contributed by atoms with E-state index >= 15 is 0 Å². The number of carbonyl (C=O) groups is 1. The van der Waals surface area contributed by atoms with E-state index in [1.54, 1.807) is 11.0 Å². The van der Waals surface area contributed by atoms with E-state index in [2.05, 4.69) is 0 Å². The van der Waals surface area contributed by atoms with Crippen LogP contribution >= 0.6 is 12.2 Å². The monoisotopic (exact) mass is 310 g/mol. The molecule has 1 fully saturated rings. The van der Waals surface area contributed by atoms with Gasteiger partial charge in [0.05, 0.1) is 18.6 Å². The lowest BCUT2D eigenvalue weighted by Crippen LogP contribution is -2.44. The molecule has 1 aromatic carbocycles. The summed E-state index contributed by atoms with van der Waals surface area (Å²) in [6.45, 7) is 0.163. The number of methoxy groups -OCH3 is 1. The number of hydrogen-bond acceptors (Lipinski definition) is 3. The van der Waals surface area contributed by atoms with Gasteiger partial charge in [-0.15, -0.1) is 0 Å². The molecule has 1 aromatic rings. The van der Waals surface area contributed by atoms with Crippen LogP contribution in [0, 0.1) is 5.82 Å². The molecule has 0 aromatic heterocycles. The maximum absolute atomic E-state index is 14.1. The predicted molar refractivity (Wildman–Crippen MR) is 83.0 cm³/mol. The van der Waals surface area contributed by atoms with Gasteiger partial charge in [-0.1, -0.05) is 31.1 Å². The number of halogens is 1. The molecular weight excluding hydrogens is 291 g/mol. The molecule has 21 heavy (non-hydrogen) atoms. The number of hydrogen-bond donors (Lipinski definition) is 1. The van der Waals surface area contributed by atoms with Gasteiger partial charge in [0, 0.05) is 6.04 Å². The summed E-state index contributed by atoms with van der Waals surface area (Å²) in [7, 11) is 1.42. The van der Waals surface area contributed by atoms with Crippen LogP contribution in [0.25, 0.3) is 0 Å². The summed E-state index contributed by atoms with van der Waals surface area (Å²) in [5.74, 6) is -0.777. The Labute approximate surface area is 129 Å². The van der Waals surface area contributed by atoms with Gasteiger partial charge in [0.25, 0.3) is 5.91 Å². The fourth-order valence-electron chi connectivity index (χ4n) is 2.78. The molecule has 114 valence electrons. The van der Waals surface area contributed by atoms with Crippen LogP contribution in [0.1, 0.15) is 36.0 Å². The number of nitrogens with zero attached hydrogens (tertiary/aromatic N) is 1. The minimum absolute atomic E-state index is 0.0526. The smallest absolute Gasteiger partial charge is 0.261 e. The maximum Gasteiger partial charge on any atom is 0.261 e. The van der Waals surface area contributed by atoms with Crippen LogP contribution in [-0.2, 0) is 0 Å². The van der Waals surface area contributed by atoms with Crippen molar-refractivity contribution in [3.05, 3.63) is 29.6 Å². The number of thiocarbonyl (C=S) groups is 1. The third kappa shape index (κ3) is 3.50. The normalized spacial score (nSPS) is 15.0. The van der Waals surface area contributed by atoms with Gasteiger partial charge in [0.15, 0.2) is 0 Å². The van der Waals surface area contributed by atoms with Crippen LogP contribution < -0.4 is 10.5 Å². The van der Waals surface area contributed by atoms with Gasteiger partial charge < -0.3 is 15.4 Å². The summed E-state index contributed by atoms with van der Waals surface area (Å²) in [4.78, 5) is 14.6. The molecule has 1 aliphatic carbocycles. The van der Waals surface area contributed by atoms with Crippen LogP contribution in [0.4, 0.5) is 4.39 Å². The highest BCUT2D eigenvalue weighted by Gasteiger charge is 2.31. The lowest BCUT2D eigenvalue weighted by molar-refractivity contribution is 0.0706. The van der Waals surface area contributed by atoms with Crippen LogP contribution in [0.5, 0.6) is 5.75 Å². The molecule has 2 N–H and O–H groups in total. The molecule has 0 atom stereocenters. The van der Waals surface area contributed by atoms with Crippen molar-refractivity contribution in [3.63, 3.8) is 0 Å². The Morgan fingerprint density at radius 3 is 2.71 bits per heavy atom. The van der Waals surface area contributed by atoms with E-state index in [-0.39, 0.29) is 28.9 Å². The zero-order valence-electron chi connectivity index (χ0n) is 12.0. The zero-order chi connectivity index (χ0) is 15.4. The highest BCUT2D eigenvalue weighted by atomic mass is 32.1. The number of amides is 1. The summed E-state index contributed by atoms with van der Waals surface area (Å²) in [6.07, 6.45) is 3.90. The fraction of sp³-hybridized carbons (Fsp3) is 0.467. The van der Waals surface area contributed by atoms with Crippen LogP contribution in [-0.4, -0.2) is 35.5 Å². The van der Waals surface area contributed by atoms with E-state index in [0.717, 1.165) is 25.7 Å². The Morgan fingerprint density at radius 2 is 2.14 bits per heavy atom. The second kappa shape index (κ2) is 6.85. The third-order valence-corrected chi connectivity index (χ3v) is 3.89. The van der Waals surface area contributed by atoms with Crippen molar-refractivity contribution in [2.45, 2.75) is 31.7 Å². The van der Waals surface area contributed by atoms with E-state index < -0.39 is 11.7 Å². The molecule has 6 heteroatoms. The van der Waals surface area contributed by atoms with Crippen molar-refractivity contribution < 1.29 is 13.9 Å². The van der Waals surface area contributed by atoms with Gasteiger partial charge in [-0.3, -0.25) is 4.79 Å². The highest BCUT2D eigenvalue weighted by molar-refractivity contribution is 7.80. The zero-order valence-corrected chi connectivity index (χ0v) is 12.8. The maximum atomic E-state index is 14.1. The van der Waals surface area contributed by atoms with E-state index in [1.807, 2.05) is 0 Å². The molecule has 1 amide bonds. The second-order valence-corrected chi connectivity index (χ2v) is 5.68. The Morgan fingerprint density at radius 1 is 1.48 bits per heavy atom. The molecule has 0 bridgehead atoms. The molecule has 0 radical (unpaired) electrons. The molecule has 0 spiro atoms. The quantitative estimate of drug-likeness (QED) is 0.849. The molecule has 1 saturated carbocycles. The van der Waals surface area contributed by atoms with E-state index in [9.17, 15) is 9.18 Å². The number of ether oxygens (including phenoxy) is 1. The molecule has 0 saturated heterocycles. The van der Waals surface area contributed by atoms with Gasteiger partial charge in [0.2, 0.25) is 0 Å². The topological polar surface area (TPSA) is 55.6 Å². The highest BCUT2D eigenvalue weighted by Crippen LogP contribution is 2.28. The van der Waals surface area contributed by atoms with Gasteiger partial charge >= 0.3 is 0 Å². The van der Waals surface area contributed by atoms with Gasteiger partial charge in [0.1, 0.15) is 17.1 Å².